The van der Waals surface area contributed by atoms with Crippen LogP contribution in [0.25, 0.3) is 0 Å². The molecule has 0 aromatic carbocycles. The average molecular weight is 269 g/mol. The summed E-state index contributed by atoms with van der Waals surface area (Å²) in [5.41, 5.74) is 6.01. The third-order valence-corrected chi connectivity index (χ3v) is 3.70. The Bertz CT molecular complexity index is 437. The lowest BCUT2D eigenvalue weighted by molar-refractivity contribution is -0.119. The van der Waals surface area contributed by atoms with Gasteiger partial charge < -0.3 is 11.1 Å². The molecule has 2 unspecified atom stereocenters. The maximum atomic E-state index is 11.9. The molecule has 0 radical (unpaired) electrons. The fourth-order valence-corrected chi connectivity index (χ4v) is 2.57. The fourth-order valence-electron chi connectivity index (χ4n) is 1.60. The van der Waals surface area contributed by atoms with Gasteiger partial charge in [-0.2, -0.15) is 0 Å². The maximum absolute atomic E-state index is 11.9. The highest BCUT2D eigenvalue weighted by molar-refractivity contribution is 7.85. The van der Waals surface area contributed by atoms with Crippen molar-refractivity contribution < 1.29 is 9.00 Å². The van der Waals surface area contributed by atoms with Gasteiger partial charge in [0.25, 0.3) is 0 Å². The first kappa shape index (κ1) is 14.6. The summed E-state index contributed by atoms with van der Waals surface area (Å²) in [6.07, 6.45) is 3.42. The minimum absolute atomic E-state index is 0.0978. The summed E-state index contributed by atoms with van der Waals surface area (Å²) in [4.78, 5) is 15.6. The molecule has 0 aliphatic heterocycles. The predicted octanol–water partition coefficient (Wildman–Crippen LogP) is 1.08. The van der Waals surface area contributed by atoms with Crippen LogP contribution in [0.3, 0.4) is 0 Å². The molecule has 6 heteroatoms. The molecule has 3 N–H and O–H groups in total. The lowest BCUT2D eigenvalue weighted by Crippen LogP contribution is -2.35. The van der Waals surface area contributed by atoms with E-state index >= 15 is 0 Å². The van der Waals surface area contributed by atoms with Crippen LogP contribution in [0.5, 0.6) is 0 Å². The molecule has 1 amide bonds. The number of anilines is 1. The number of hydrogen-bond donors (Lipinski definition) is 2. The van der Waals surface area contributed by atoms with Crippen LogP contribution in [-0.2, 0) is 15.6 Å². The topological polar surface area (TPSA) is 85.1 Å². The second-order valence-corrected chi connectivity index (χ2v) is 5.51. The molecule has 1 rings (SSSR count). The molecule has 0 aliphatic carbocycles. The Morgan fingerprint density at radius 2 is 2.33 bits per heavy atom. The van der Waals surface area contributed by atoms with Gasteiger partial charge in [-0.1, -0.05) is 13.3 Å². The zero-order chi connectivity index (χ0) is 13.5. The minimum atomic E-state index is -1.49. The third-order valence-electron chi connectivity index (χ3n) is 2.41. The van der Waals surface area contributed by atoms with Crippen molar-refractivity contribution in [2.24, 2.45) is 0 Å². The van der Waals surface area contributed by atoms with E-state index in [2.05, 4.69) is 17.2 Å². The summed E-state index contributed by atoms with van der Waals surface area (Å²) in [5, 5.41) is 3.07. The van der Waals surface area contributed by atoms with Gasteiger partial charge in [0.15, 0.2) is 5.03 Å². The van der Waals surface area contributed by atoms with E-state index in [1.54, 1.807) is 12.1 Å². The highest BCUT2D eigenvalue weighted by Crippen LogP contribution is 2.11. The number of nitrogens with two attached hydrogens (primary N) is 1. The Kier molecular flexibility index (Phi) is 5.77. The Morgan fingerprint density at radius 3 is 2.94 bits per heavy atom. The van der Waals surface area contributed by atoms with Gasteiger partial charge in [-0.25, -0.2) is 4.98 Å². The van der Waals surface area contributed by atoms with Crippen molar-refractivity contribution in [3.8, 4) is 0 Å². The smallest absolute Gasteiger partial charge is 0.233 e. The van der Waals surface area contributed by atoms with Crippen LogP contribution in [0, 0.1) is 0 Å². The van der Waals surface area contributed by atoms with Gasteiger partial charge in [0.1, 0.15) is 5.75 Å². The number of carbonyl (C=O) groups is 1. The summed E-state index contributed by atoms with van der Waals surface area (Å²) in [5.74, 6) is -0.339. The molecular formula is C12H19N3O2S. The number of pyridine rings is 1. The van der Waals surface area contributed by atoms with Crippen molar-refractivity contribution in [1.29, 1.82) is 0 Å². The van der Waals surface area contributed by atoms with Crippen LogP contribution >= 0.6 is 0 Å². The number of amides is 1. The van der Waals surface area contributed by atoms with Gasteiger partial charge in [0.2, 0.25) is 5.91 Å². The monoisotopic (exact) mass is 269 g/mol. The van der Waals surface area contributed by atoms with E-state index in [-0.39, 0.29) is 22.7 Å². The molecule has 1 aromatic heterocycles. The molecule has 1 heterocycles. The molecule has 0 aliphatic rings. The molecule has 100 valence electrons. The number of nitrogens with zero attached hydrogens (tertiary/aromatic N) is 1. The molecule has 1 aromatic rings. The SMILES string of the molecule is CCCC(C)NC(=O)CS(=O)c1ncccc1N. The predicted molar refractivity (Wildman–Crippen MR) is 72.4 cm³/mol. The van der Waals surface area contributed by atoms with Crippen LogP contribution in [0.4, 0.5) is 5.69 Å². The van der Waals surface area contributed by atoms with Crippen LogP contribution in [0.2, 0.25) is 0 Å². The first-order chi connectivity index (χ1) is 8.54. The lowest BCUT2D eigenvalue weighted by Gasteiger charge is -2.12. The number of carbonyl (C=O) groups excluding carboxylic acids is 1. The van der Waals surface area contributed by atoms with Crippen molar-refractivity contribution >= 4 is 22.4 Å². The lowest BCUT2D eigenvalue weighted by atomic mass is 10.2. The number of nitrogens with one attached hydrogen (secondary N) is 1. The highest BCUT2D eigenvalue weighted by atomic mass is 32.2. The molecular weight excluding hydrogens is 250 g/mol. The van der Waals surface area contributed by atoms with E-state index in [0.29, 0.717) is 5.69 Å². The van der Waals surface area contributed by atoms with E-state index in [1.165, 1.54) is 6.20 Å². The molecule has 0 spiro atoms. The van der Waals surface area contributed by atoms with Gasteiger partial charge in [-0.05, 0) is 25.5 Å². The van der Waals surface area contributed by atoms with E-state index in [1.807, 2.05) is 6.92 Å². The van der Waals surface area contributed by atoms with Gasteiger partial charge >= 0.3 is 0 Å². The largest absolute Gasteiger partial charge is 0.396 e. The zero-order valence-corrected chi connectivity index (χ0v) is 11.5. The van der Waals surface area contributed by atoms with Crippen LogP contribution in [0.1, 0.15) is 26.7 Å². The number of hydrogen-bond acceptors (Lipinski definition) is 4. The van der Waals surface area contributed by atoms with Crippen LogP contribution in [0.15, 0.2) is 23.4 Å². The second-order valence-electron chi connectivity index (χ2n) is 4.14. The van der Waals surface area contributed by atoms with Crippen molar-refractivity contribution in [2.75, 3.05) is 11.5 Å². The number of aromatic nitrogens is 1. The Morgan fingerprint density at radius 1 is 1.61 bits per heavy atom. The summed E-state index contributed by atoms with van der Waals surface area (Å²) in [6.45, 7) is 3.98. The van der Waals surface area contributed by atoms with Gasteiger partial charge in [0.05, 0.1) is 16.5 Å². The highest BCUT2D eigenvalue weighted by Gasteiger charge is 2.15. The Hall–Kier alpha value is -1.43. The first-order valence-electron chi connectivity index (χ1n) is 5.92. The van der Waals surface area contributed by atoms with Crippen LogP contribution < -0.4 is 11.1 Å². The van der Waals surface area contributed by atoms with Crippen molar-refractivity contribution in [3.05, 3.63) is 18.3 Å². The van der Waals surface area contributed by atoms with Crippen molar-refractivity contribution in [3.63, 3.8) is 0 Å². The van der Waals surface area contributed by atoms with Crippen LogP contribution in [-0.4, -0.2) is 26.9 Å². The standard InChI is InChI=1S/C12H19N3O2S/c1-3-5-9(2)15-11(16)8-18(17)12-10(13)6-4-7-14-12/h4,6-7,9H,3,5,8,13H2,1-2H3,(H,15,16). The van der Waals surface area contributed by atoms with Crippen molar-refractivity contribution in [2.45, 2.75) is 37.8 Å². The molecule has 0 saturated carbocycles. The average Bonchev–Trinajstić information content (AvgIpc) is 2.29. The van der Waals surface area contributed by atoms with Gasteiger partial charge in [-0.3, -0.25) is 9.00 Å². The molecule has 0 bridgehead atoms. The van der Waals surface area contributed by atoms with E-state index in [9.17, 15) is 9.00 Å². The Labute approximate surface area is 110 Å². The fraction of sp³-hybridized carbons (Fsp3) is 0.500. The summed E-state index contributed by atoms with van der Waals surface area (Å²) >= 11 is 0. The molecule has 2 atom stereocenters. The summed E-state index contributed by atoms with van der Waals surface area (Å²) in [6, 6.07) is 3.39. The molecule has 5 nitrogen and oxygen atoms in total. The minimum Gasteiger partial charge on any atom is -0.396 e. The normalized spacial score (nSPS) is 13.9. The Balaban J connectivity index is 2.55. The third kappa shape index (κ3) is 4.44. The molecule has 0 fully saturated rings. The zero-order valence-electron chi connectivity index (χ0n) is 10.7. The second kappa shape index (κ2) is 7.10. The van der Waals surface area contributed by atoms with Crippen molar-refractivity contribution in [1.82, 2.24) is 10.3 Å². The summed E-state index contributed by atoms with van der Waals surface area (Å²) in [7, 11) is -1.49. The first-order valence-corrected chi connectivity index (χ1v) is 7.24. The van der Waals surface area contributed by atoms with Gasteiger partial charge in [0, 0.05) is 12.2 Å². The van der Waals surface area contributed by atoms with Gasteiger partial charge in [-0.15, -0.1) is 0 Å². The van der Waals surface area contributed by atoms with E-state index in [0.717, 1.165) is 12.8 Å². The maximum Gasteiger partial charge on any atom is 0.233 e. The van der Waals surface area contributed by atoms with E-state index < -0.39 is 10.8 Å². The quantitative estimate of drug-likeness (QED) is 0.809. The summed E-state index contributed by atoms with van der Waals surface area (Å²) < 4.78 is 11.9. The molecule has 0 saturated heterocycles. The number of rotatable bonds is 6. The molecule has 18 heavy (non-hydrogen) atoms. The van der Waals surface area contributed by atoms with E-state index in [4.69, 9.17) is 5.73 Å². The number of nitrogen functional groups attached to an aromatic ring is 1.